The van der Waals surface area contributed by atoms with Crippen LogP contribution in [0.25, 0.3) is 0 Å². The average molecular weight is 290 g/mol. The van der Waals surface area contributed by atoms with Crippen LogP contribution in [-0.4, -0.2) is 48.1 Å². The molecule has 1 atom stereocenters. The van der Waals surface area contributed by atoms with E-state index in [1.54, 1.807) is 0 Å². The number of anilines is 1. The Morgan fingerprint density at radius 3 is 2.71 bits per heavy atom. The first-order valence-corrected chi connectivity index (χ1v) is 7.42. The summed E-state index contributed by atoms with van der Waals surface area (Å²) in [5, 5.41) is 2.97. The lowest BCUT2D eigenvalue weighted by atomic mass is 10.00. The number of benzene rings is 1. The molecule has 1 heterocycles. The molecule has 0 bridgehead atoms. The standard InChI is InChI=1S/C16H26N4O/c1-12(17)13-6-5-7-14(10-13)18-15(21)20-9-8-19(4)16(2,3)11-20/h5-7,10,12H,8-9,11,17H2,1-4H3,(H,18,21). The molecule has 2 amide bonds. The molecule has 1 saturated heterocycles. The highest BCUT2D eigenvalue weighted by molar-refractivity contribution is 5.89. The molecule has 0 saturated carbocycles. The summed E-state index contributed by atoms with van der Waals surface area (Å²) in [6, 6.07) is 7.64. The maximum Gasteiger partial charge on any atom is 0.321 e. The zero-order valence-corrected chi connectivity index (χ0v) is 13.4. The normalized spacial score (nSPS) is 20.1. The Balaban J connectivity index is 2.03. The van der Waals surface area contributed by atoms with Crippen LogP contribution in [0.5, 0.6) is 0 Å². The smallest absolute Gasteiger partial charge is 0.321 e. The number of nitrogens with one attached hydrogen (secondary N) is 1. The summed E-state index contributed by atoms with van der Waals surface area (Å²) in [5.41, 5.74) is 7.70. The molecule has 5 heteroatoms. The summed E-state index contributed by atoms with van der Waals surface area (Å²) in [7, 11) is 2.10. The molecule has 1 aromatic carbocycles. The molecule has 0 radical (unpaired) electrons. The highest BCUT2D eigenvalue weighted by atomic mass is 16.2. The lowest BCUT2D eigenvalue weighted by Crippen LogP contribution is -2.59. The van der Waals surface area contributed by atoms with E-state index < -0.39 is 0 Å². The van der Waals surface area contributed by atoms with Crippen LogP contribution >= 0.6 is 0 Å². The van der Waals surface area contributed by atoms with Gasteiger partial charge in [-0.15, -0.1) is 0 Å². The SMILES string of the molecule is CC(N)c1cccc(NC(=O)N2CCN(C)C(C)(C)C2)c1. The van der Waals surface area contributed by atoms with E-state index in [1.807, 2.05) is 36.1 Å². The lowest BCUT2D eigenvalue weighted by Gasteiger charge is -2.45. The third kappa shape index (κ3) is 3.74. The zero-order chi connectivity index (χ0) is 15.6. The van der Waals surface area contributed by atoms with Crippen LogP contribution < -0.4 is 11.1 Å². The summed E-state index contributed by atoms with van der Waals surface area (Å²) >= 11 is 0. The van der Waals surface area contributed by atoms with Crippen molar-refractivity contribution in [3.05, 3.63) is 29.8 Å². The van der Waals surface area contributed by atoms with E-state index in [0.29, 0.717) is 0 Å². The number of carbonyl (C=O) groups excluding carboxylic acids is 1. The number of hydrogen-bond donors (Lipinski definition) is 2. The Kier molecular flexibility index (Phi) is 4.54. The predicted molar refractivity (Wildman–Crippen MR) is 86.3 cm³/mol. The number of carbonyl (C=O) groups is 1. The second-order valence-electron chi connectivity index (χ2n) is 6.50. The Hall–Kier alpha value is -1.59. The monoisotopic (exact) mass is 290 g/mol. The van der Waals surface area contributed by atoms with Crippen LogP contribution in [0.4, 0.5) is 10.5 Å². The lowest BCUT2D eigenvalue weighted by molar-refractivity contribution is 0.0608. The van der Waals surface area contributed by atoms with E-state index in [0.717, 1.165) is 30.9 Å². The van der Waals surface area contributed by atoms with Crippen molar-refractivity contribution in [2.75, 3.05) is 32.0 Å². The molecule has 21 heavy (non-hydrogen) atoms. The molecular weight excluding hydrogens is 264 g/mol. The molecule has 2 rings (SSSR count). The minimum absolute atomic E-state index is 0.00319. The molecule has 0 aromatic heterocycles. The summed E-state index contributed by atoms with van der Waals surface area (Å²) in [6.45, 7) is 8.61. The fraction of sp³-hybridized carbons (Fsp3) is 0.562. The minimum Gasteiger partial charge on any atom is -0.324 e. The average Bonchev–Trinajstić information content (AvgIpc) is 2.42. The number of rotatable bonds is 2. The number of nitrogens with two attached hydrogens (primary N) is 1. The summed E-state index contributed by atoms with van der Waals surface area (Å²) in [4.78, 5) is 16.6. The molecule has 116 valence electrons. The van der Waals surface area contributed by atoms with Gasteiger partial charge in [0.15, 0.2) is 0 Å². The van der Waals surface area contributed by atoms with Gasteiger partial charge in [-0.2, -0.15) is 0 Å². The first kappa shape index (κ1) is 15.8. The molecule has 0 aliphatic carbocycles. The van der Waals surface area contributed by atoms with E-state index in [2.05, 4.69) is 31.1 Å². The molecule has 1 unspecified atom stereocenters. The Morgan fingerprint density at radius 1 is 1.38 bits per heavy atom. The van der Waals surface area contributed by atoms with Crippen molar-refractivity contribution in [1.29, 1.82) is 0 Å². The number of amides is 2. The van der Waals surface area contributed by atoms with Gasteiger partial charge < -0.3 is 16.0 Å². The van der Waals surface area contributed by atoms with Gasteiger partial charge >= 0.3 is 6.03 Å². The minimum atomic E-state index is -0.0435. The van der Waals surface area contributed by atoms with E-state index in [1.165, 1.54) is 0 Å². The molecule has 1 fully saturated rings. The third-order valence-corrected chi connectivity index (χ3v) is 4.27. The van der Waals surface area contributed by atoms with Crippen LogP contribution in [0.1, 0.15) is 32.4 Å². The quantitative estimate of drug-likeness (QED) is 0.878. The molecular formula is C16H26N4O. The Morgan fingerprint density at radius 2 is 2.10 bits per heavy atom. The van der Waals surface area contributed by atoms with E-state index >= 15 is 0 Å². The molecule has 3 N–H and O–H groups in total. The van der Waals surface area contributed by atoms with Crippen molar-refractivity contribution < 1.29 is 4.79 Å². The van der Waals surface area contributed by atoms with Gasteiger partial charge in [-0.05, 0) is 45.5 Å². The topological polar surface area (TPSA) is 61.6 Å². The third-order valence-electron chi connectivity index (χ3n) is 4.27. The first-order valence-electron chi connectivity index (χ1n) is 7.42. The van der Waals surface area contributed by atoms with Crippen LogP contribution in [0.15, 0.2) is 24.3 Å². The second kappa shape index (κ2) is 6.03. The van der Waals surface area contributed by atoms with Crippen molar-refractivity contribution in [3.63, 3.8) is 0 Å². The number of piperazine rings is 1. The van der Waals surface area contributed by atoms with Crippen LogP contribution in [0.2, 0.25) is 0 Å². The molecule has 1 aromatic rings. The Labute approximate surface area is 127 Å². The maximum absolute atomic E-state index is 12.4. The van der Waals surface area contributed by atoms with E-state index in [-0.39, 0.29) is 17.6 Å². The largest absolute Gasteiger partial charge is 0.324 e. The van der Waals surface area contributed by atoms with Crippen LogP contribution in [-0.2, 0) is 0 Å². The van der Waals surface area contributed by atoms with Gasteiger partial charge in [0.25, 0.3) is 0 Å². The fourth-order valence-electron chi connectivity index (χ4n) is 2.52. The van der Waals surface area contributed by atoms with Crippen molar-refractivity contribution in [3.8, 4) is 0 Å². The maximum atomic E-state index is 12.4. The second-order valence-corrected chi connectivity index (χ2v) is 6.50. The van der Waals surface area contributed by atoms with E-state index in [4.69, 9.17) is 5.73 Å². The van der Waals surface area contributed by atoms with Gasteiger partial charge in [0.1, 0.15) is 0 Å². The van der Waals surface area contributed by atoms with Gasteiger partial charge in [0.2, 0.25) is 0 Å². The van der Waals surface area contributed by atoms with Gasteiger partial charge in [-0.3, -0.25) is 4.90 Å². The van der Waals surface area contributed by atoms with Gasteiger partial charge in [-0.1, -0.05) is 12.1 Å². The highest BCUT2D eigenvalue weighted by Crippen LogP contribution is 2.20. The summed E-state index contributed by atoms with van der Waals surface area (Å²) in [5.74, 6) is 0. The van der Waals surface area contributed by atoms with Crippen molar-refractivity contribution in [2.45, 2.75) is 32.4 Å². The van der Waals surface area contributed by atoms with E-state index in [9.17, 15) is 4.79 Å². The fourth-order valence-corrected chi connectivity index (χ4v) is 2.52. The first-order chi connectivity index (χ1) is 9.79. The number of hydrogen-bond acceptors (Lipinski definition) is 3. The van der Waals surface area contributed by atoms with Crippen molar-refractivity contribution >= 4 is 11.7 Å². The molecule has 1 aliphatic heterocycles. The van der Waals surface area contributed by atoms with Gasteiger partial charge in [-0.25, -0.2) is 4.79 Å². The molecule has 5 nitrogen and oxygen atoms in total. The van der Waals surface area contributed by atoms with Crippen molar-refractivity contribution in [2.24, 2.45) is 5.73 Å². The number of urea groups is 1. The van der Waals surface area contributed by atoms with Crippen LogP contribution in [0, 0.1) is 0 Å². The van der Waals surface area contributed by atoms with Crippen molar-refractivity contribution in [1.82, 2.24) is 9.80 Å². The highest BCUT2D eigenvalue weighted by Gasteiger charge is 2.33. The molecule has 0 spiro atoms. The zero-order valence-electron chi connectivity index (χ0n) is 13.4. The van der Waals surface area contributed by atoms with Gasteiger partial charge in [0.05, 0.1) is 0 Å². The molecule has 1 aliphatic rings. The summed E-state index contributed by atoms with van der Waals surface area (Å²) in [6.07, 6.45) is 0. The van der Waals surface area contributed by atoms with Gasteiger partial charge in [0, 0.05) is 36.9 Å². The number of likely N-dealkylation sites (N-methyl/N-ethyl adjacent to an activating group) is 1. The predicted octanol–water partition coefficient (Wildman–Crippen LogP) is 2.26. The number of nitrogens with zero attached hydrogens (tertiary/aromatic N) is 2. The van der Waals surface area contributed by atoms with Crippen LogP contribution in [0.3, 0.4) is 0 Å². The Bertz CT molecular complexity index is 513. The summed E-state index contributed by atoms with van der Waals surface area (Å²) < 4.78 is 0.